The van der Waals surface area contributed by atoms with Crippen molar-refractivity contribution in [1.82, 2.24) is 0 Å². The Morgan fingerprint density at radius 1 is 1.09 bits per heavy atom. The third-order valence-corrected chi connectivity index (χ3v) is 5.73. The zero-order valence-electron chi connectivity index (χ0n) is 18.9. The molecule has 10 nitrogen and oxygen atoms in total. The molecule has 2 fully saturated rings. The third kappa shape index (κ3) is 6.05. The summed E-state index contributed by atoms with van der Waals surface area (Å²) in [6.07, 6.45) is -3.85. The van der Waals surface area contributed by atoms with Gasteiger partial charge >= 0.3 is 0 Å². The predicted octanol–water partition coefficient (Wildman–Crippen LogP) is 3.50. The van der Waals surface area contributed by atoms with Crippen LogP contribution in [0.3, 0.4) is 0 Å². The number of ether oxygens (including phenoxy) is 6. The van der Waals surface area contributed by atoms with Gasteiger partial charge in [-0.05, 0) is 29.6 Å². The minimum absolute atomic E-state index is 0.262. The lowest BCUT2D eigenvalue weighted by Crippen LogP contribution is -2.63. The van der Waals surface area contributed by atoms with E-state index >= 15 is 0 Å². The summed E-state index contributed by atoms with van der Waals surface area (Å²) < 4.78 is 35.3. The molecule has 10 heteroatoms. The highest BCUT2D eigenvalue weighted by atomic mass is 16.8. The van der Waals surface area contributed by atoms with Crippen LogP contribution in [0.15, 0.2) is 59.7 Å². The van der Waals surface area contributed by atoms with Crippen molar-refractivity contribution in [3.05, 3.63) is 76.2 Å². The van der Waals surface area contributed by atoms with E-state index in [1.807, 2.05) is 54.6 Å². The first kappa shape index (κ1) is 24.4. The van der Waals surface area contributed by atoms with Gasteiger partial charge in [0.2, 0.25) is 0 Å². The first-order valence-electron chi connectivity index (χ1n) is 11.2. The van der Waals surface area contributed by atoms with Gasteiger partial charge in [0.1, 0.15) is 30.2 Å². The van der Waals surface area contributed by atoms with Crippen LogP contribution in [-0.2, 0) is 30.3 Å². The molecule has 1 unspecified atom stereocenters. The van der Waals surface area contributed by atoms with Crippen LogP contribution in [0.4, 0.5) is 0 Å². The molecule has 2 aliphatic heterocycles. The van der Waals surface area contributed by atoms with Crippen molar-refractivity contribution in [1.29, 1.82) is 0 Å². The number of aliphatic hydroxyl groups is 1. The van der Waals surface area contributed by atoms with E-state index in [0.717, 1.165) is 16.9 Å². The number of benzene rings is 2. The van der Waals surface area contributed by atoms with Gasteiger partial charge in [-0.3, -0.25) is 0 Å². The number of methoxy groups -OCH3 is 1. The smallest absolute Gasteiger partial charge is 0.186 e. The van der Waals surface area contributed by atoms with Gasteiger partial charge in [0, 0.05) is 23.6 Å². The zero-order chi connectivity index (χ0) is 23.8. The van der Waals surface area contributed by atoms with Crippen molar-refractivity contribution in [2.24, 2.45) is 5.11 Å². The van der Waals surface area contributed by atoms with E-state index in [1.54, 1.807) is 7.11 Å². The zero-order valence-corrected chi connectivity index (χ0v) is 18.9. The van der Waals surface area contributed by atoms with E-state index in [9.17, 15) is 5.11 Å². The Morgan fingerprint density at radius 2 is 1.88 bits per heavy atom. The molecular weight excluding hydrogens is 442 g/mol. The van der Waals surface area contributed by atoms with E-state index in [4.69, 9.17) is 34.0 Å². The largest absolute Gasteiger partial charge is 0.497 e. The Balaban J connectivity index is 1.46. The van der Waals surface area contributed by atoms with Crippen LogP contribution in [0.1, 0.15) is 23.8 Å². The molecule has 0 aliphatic carbocycles. The Kier molecular flexibility index (Phi) is 8.73. The number of nitrogens with zero attached hydrogens (tertiary/aromatic N) is 3. The second-order valence-electron chi connectivity index (χ2n) is 8.01. The molecule has 4 rings (SSSR count). The second-order valence-corrected chi connectivity index (χ2v) is 8.01. The first-order valence-corrected chi connectivity index (χ1v) is 11.2. The molecule has 6 atom stereocenters. The fourth-order valence-corrected chi connectivity index (χ4v) is 3.96. The number of hydrogen-bond acceptors (Lipinski definition) is 8. The van der Waals surface area contributed by atoms with Crippen LogP contribution in [0.5, 0.6) is 5.75 Å². The number of rotatable bonds is 10. The van der Waals surface area contributed by atoms with Crippen LogP contribution in [0.2, 0.25) is 0 Å². The molecule has 0 radical (unpaired) electrons. The highest BCUT2D eigenvalue weighted by molar-refractivity contribution is 5.26. The lowest BCUT2D eigenvalue weighted by atomic mass is 9.97. The summed E-state index contributed by atoms with van der Waals surface area (Å²) in [6.45, 7) is 1.09. The SMILES string of the molecule is COc1ccc(CO[C@@H]2[C@H](O)[C@@H](OCCCN=[N+]=[N-])O[C@@H]3COC(c4ccccc4)O[C@@H]23)cc1. The molecular formula is C24H29N3O7. The molecule has 1 N–H and O–H groups in total. The minimum atomic E-state index is -1.09. The van der Waals surface area contributed by atoms with Crippen molar-refractivity contribution in [2.45, 2.75) is 50.0 Å². The molecule has 0 saturated carbocycles. The third-order valence-electron chi connectivity index (χ3n) is 5.73. The molecule has 34 heavy (non-hydrogen) atoms. The molecule has 2 heterocycles. The van der Waals surface area contributed by atoms with E-state index in [-0.39, 0.29) is 19.8 Å². The Hall–Kier alpha value is -2.69. The van der Waals surface area contributed by atoms with Crippen molar-refractivity contribution in [3.63, 3.8) is 0 Å². The van der Waals surface area contributed by atoms with Crippen molar-refractivity contribution in [3.8, 4) is 5.75 Å². The van der Waals surface area contributed by atoms with Gasteiger partial charge in [-0.15, -0.1) is 0 Å². The van der Waals surface area contributed by atoms with Crippen molar-refractivity contribution < 1.29 is 33.5 Å². The number of aliphatic hydroxyl groups excluding tert-OH is 1. The Bertz CT molecular complexity index is 939. The monoisotopic (exact) mass is 471 g/mol. The van der Waals surface area contributed by atoms with Crippen LogP contribution in [-0.4, -0.2) is 62.7 Å². The summed E-state index contributed by atoms with van der Waals surface area (Å²) in [4.78, 5) is 2.72. The molecule has 0 spiro atoms. The van der Waals surface area contributed by atoms with Gasteiger partial charge in [0.05, 0.1) is 20.3 Å². The Morgan fingerprint density at radius 3 is 2.62 bits per heavy atom. The van der Waals surface area contributed by atoms with Crippen molar-refractivity contribution >= 4 is 0 Å². The molecule has 2 aliphatic rings. The van der Waals surface area contributed by atoms with E-state index in [1.165, 1.54) is 0 Å². The van der Waals surface area contributed by atoms with Gasteiger partial charge in [0.25, 0.3) is 0 Å². The van der Waals surface area contributed by atoms with Gasteiger partial charge in [-0.2, -0.15) is 0 Å². The quantitative estimate of drug-likeness (QED) is 0.243. The summed E-state index contributed by atoms with van der Waals surface area (Å²) in [5.74, 6) is 0.752. The lowest BCUT2D eigenvalue weighted by Gasteiger charge is -2.47. The molecule has 2 saturated heterocycles. The highest BCUT2D eigenvalue weighted by Crippen LogP contribution is 2.36. The molecule has 182 valence electrons. The van der Waals surface area contributed by atoms with Gasteiger partial charge in [-0.25, -0.2) is 0 Å². The van der Waals surface area contributed by atoms with Crippen LogP contribution in [0, 0.1) is 0 Å². The van der Waals surface area contributed by atoms with Crippen LogP contribution in [0.25, 0.3) is 10.4 Å². The van der Waals surface area contributed by atoms with E-state index < -0.39 is 37.0 Å². The fourth-order valence-electron chi connectivity index (χ4n) is 3.96. The first-order chi connectivity index (χ1) is 16.7. The standard InChI is InChI=1S/C24H29N3O7/c1-29-18-10-8-16(9-11-18)14-31-22-20(28)24(30-13-5-12-26-27-25)33-19-15-32-23(34-21(19)22)17-6-3-2-4-7-17/h2-4,6-11,19-24,28H,5,12-15H2,1H3/t19-,20+,21-,22-,23?,24+/m1/s1. The van der Waals surface area contributed by atoms with E-state index in [0.29, 0.717) is 13.0 Å². The lowest BCUT2D eigenvalue weighted by molar-refractivity contribution is -0.366. The van der Waals surface area contributed by atoms with Gasteiger partial charge in [-0.1, -0.05) is 47.6 Å². The summed E-state index contributed by atoms with van der Waals surface area (Å²) >= 11 is 0. The normalized spacial score (nSPS) is 28.5. The maximum absolute atomic E-state index is 11.1. The van der Waals surface area contributed by atoms with Crippen molar-refractivity contribution in [2.75, 3.05) is 26.9 Å². The van der Waals surface area contributed by atoms with E-state index in [2.05, 4.69) is 10.0 Å². The molecule has 0 aromatic heterocycles. The molecule has 2 aromatic rings. The molecule has 0 amide bonds. The number of azide groups is 1. The van der Waals surface area contributed by atoms with Gasteiger partial charge < -0.3 is 33.5 Å². The average molecular weight is 472 g/mol. The summed E-state index contributed by atoms with van der Waals surface area (Å²) in [7, 11) is 1.61. The summed E-state index contributed by atoms with van der Waals surface area (Å²) in [5.41, 5.74) is 10.2. The highest BCUT2D eigenvalue weighted by Gasteiger charge is 2.50. The topological polar surface area (TPSA) is 124 Å². The minimum Gasteiger partial charge on any atom is -0.497 e. The number of fused-ring (bicyclic) bond motifs is 1. The second kappa shape index (κ2) is 12.1. The predicted molar refractivity (Wildman–Crippen MR) is 121 cm³/mol. The number of hydrogen-bond donors (Lipinski definition) is 1. The van der Waals surface area contributed by atoms with Gasteiger partial charge in [0.15, 0.2) is 12.6 Å². The average Bonchev–Trinajstić information content (AvgIpc) is 2.89. The maximum Gasteiger partial charge on any atom is 0.186 e. The fraction of sp³-hybridized carbons (Fsp3) is 0.500. The maximum atomic E-state index is 11.1. The van der Waals surface area contributed by atoms with Crippen LogP contribution >= 0.6 is 0 Å². The molecule has 2 aromatic carbocycles. The Labute approximate surface area is 197 Å². The van der Waals surface area contributed by atoms with Crippen LogP contribution < -0.4 is 4.74 Å². The molecule has 0 bridgehead atoms. The summed E-state index contributed by atoms with van der Waals surface area (Å²) in [5, 5.41) is 14.6. The summed E-state index contributed by atoms with van der Waals surface area (Å²) in [6, 6.07) is 17.1.